The molecular weight excluding hydrogens is 282 g/mol. The van der Waals surface area contributed by atoms with E-state index in [9.17, 15) is 9.59 Å². The lowest BCUT2D eigenvalue weighted by atomic mass is 10.2. The van der Waals surface area contributed by atoms with Crippen LogP contribution in [0.5, 0.6) is 0 Å². The maximum absolute atomic E-state index is 12.1. The van der Waals surface area contributed by atoms with Gasteiger partial charge in [0.05, 0.1) is 17.5 Å². The van der Waals surface area contributed by atoms with Gasteiger partial charge < -0.3 is 15.3 Å². The van der Waals surface area contributed by atoms with Crippen LogP contribution < -0.4 is 11.0 Å². The van der Waals surface area contributed by atoms with Crippen molar-refractivity contribution in [2.45, 2.75) is 26.8 Å². The Morgan fingerprint density at radius 2 is 2.18 bits per heavy atom. The molecule has 0 unspecified atom stereocenters. The van der Waals surface area contributed by atoms with Crippen LogP contribution in [0, 0.1) is 13.8 Å². The van der Waals surface area contributed by atoms with Crippen LogP contribution in [-0.4, -0.2) is 25.4 Å². The number of aromatic nitrogens is 4. The second-order valence-electron chi connectivity index (χ2n) is 5.19. The molecule has 22 heavy (non-hydrogen) atoms. The van der Waals surface area contributed by atoms with Crippen molar-refractivity contribution in [1.29, 1.82) is 0 Å². The number of benzene rings is 1. The highest BCUT2D eigenvalue weighted by Gasteiger charge is 2.10. The minimum Gasteiger partial charge on any atom is -0.345 e. The van der Waals surface area contributed by atoms with Gasteiger partial charge in [-0.05, 0) is 26.0 Å². The molecular formula is C15H17N5O2. The fourth-order valence-electron chi connectivity index (χ4n) is 2.43. The first kappa shape index (κ1) is 14.1. The second-order valence-corrected chi connectivity index (χ2v) is 5.19. The molecule has 2 heterocycles. The van der Waals surface area contributed by atoms with Crippen LogP contribution >= 0.6 is 0 Å². The molecule has 0 radical (unpaired) electrons. The number of para-hydroxylation sites is 1. The topological polar surface area (TPSA) is 95.6 Å². The molecule has 0 aliphatic rings. The third-order valence-electron chi connectivity index (χ3n) is 3.77. The van der Waals surface area contributed by atoms with E-state index in [1.165, 1.54) is 0 Å². The van der Waals surface area contributed by atoms with Crippen molar-refractivity contribution in [2.24, 2.45) is 0 Å². The highest BCUT2D eigenvalue weighted by molar-refractivity contribution is 5.99. The first-order valence-electron chi connectivity index (χ1n) is 7.04. The number of H-pyrrole nitrogens is 2. The molecule has 0 aliphatic carbocycles. The number of amides is 1. The van der Waals surface area contributed by atoms with Gasteiger partial charge in [0.25, 0.3) is 0 Å². The molecule has 0 fully saturated rings. The highest BCUT2D eigenvalue weighted by Crippen LogP contribution is 2.19. The molecule has 0 atom stereocenters. The molecule has 1 aromatic carbocycles. The molecule has 0 saturated carbocycles. The average Bonchev–Trinajstić information content (AvgIpc) is 3.04. The molecule has 3 rings (SSSR count). The fraction of sp³-hybridized carbons (Fsp3) is 0.267. The molecule has 3 aromatic rings. The molecule has 0 aliphatic heterocycles. The van der Waals surface area contributed by atoms with E-state index in [0.717, 1.165) is 22.4 Å². The first-order chi connectivity index (χ1) is 10.6. The summed E-state index contributed by atoms with van der Waals surface area (Å²) < 4.78 is 1.57. The Labute approximate surface area is 126 Å². The second kappa shape index (κ2) is 5.51. The van der Waals surface area contributed by atoms with Gasteiger partial charge in [-0.3, -0.25) is 9.36 Å². The van der Waals surface area contributed by atoms with E-state index >= 15 is 0 Å². The van der Waals surface area contributed by atoms with Crippen LogP contribution in [0.25, 0.3) is 11.0 Å². The molecule has 2 aromatic heterocycles. The maximum Gasteiger partial charge on any atom is 0.325 e. The Bertz CT molecular complexity index is 887. The largest absolute Gasteiger partial charge is 0.345 e. The number of rotatable bonds is 4. The molecule has 0 spiro atoms. The summed E-state index contributed by atoms with van der Waals surface area (Å²) in [5.41, 5.74) is 3.75. The van der Waals surface area contributed by atoms with Crippen LogP contribution in [0.4, 0.5) is 5.69 Å². The zero-order valence-electron chi connectivity index (χ0n) is 12.4. The van der Waals surface area contributed by atoms with Gasteiger partial charge >= 0.3 is 5.69 Å². The van der Waals surface area contributed by atoms with Crippen molar-refractivity contribution in [2.75, 3.05) is 5.32 Å². The predicted octanol–water partition coefficient (Wildman–Crippen LogP) is 1.70. The van der Waals surface area contributed by atoms with Gasteiger partial charge in [0.2, 0.25) is 5.91 Å². The van der Waals surface area contributed by atoms with E-state index in [0.29, 0.717) is 12.2 Å². The van der Waals surface area contributed by atoms with Crippen LogP contribution in [0.3, 0.4) is 0 Å². The van der Waals surface area contributed by atoms with Crippen molar-refractivity contribution in [3.8, 4) is 0 Å². The number of carbonyl (C=O) groups excluding carboxylic acids is 1. The van der Waals surface area contributed by atoms with Crippen LogP contribution in [-0.2, 0) is 11.3 Å². The number of nitrogens with zero attached hydrogens (tertiary/aromatic N) is 2. The van der Waals surface area contributed by atoms with Gasteiger partial charge in [0.1, 0.15) is 5.52 Å². The number of imidazole rings is 2. The van der Waals surface area contributed by atoms with E-state index < -0.39 is 0 Å². The molecule has 1 amide bonds. The summed E-state index contributed by atoms with van der Waals surface area (Å²) in [6.07, 6.45) is 1.81. The van der Waals surface area contributed by atoms with Gasteiger partial charge in [0, 0.05) is 24.4 Å². The fourth-order valence-corrected chi connectivity index (χ4v) is 2.43. The lowest BCUT2D eigenvalue weighted by Crippen LogP contribution is -2.22. The summed E-state index contributed by atoms with van der Waals surface area (Å²) in [6.45, 7) is 4.04. The normalized spacial score (nSPS) is 11.0. The first-order valence-corrected chi connectivity index (χ1v) is 7.04. The number of carbonyl (C=O) groups is 1. The molecule has 7 heteroatoms. The van der Waals surface area contributed by atoms with E-state index in [-0.39, 0.29) is 18.0 Å². The Morgan fingerprint density at radius 3 is 2.91 bits per heavy atom. The lowest BCUT2D eigenvalue weighted by Gasteiger charge is -2.07. The van der Waals surface area contributed by atoms with Gasteiger partial charge in [-0.1, -0.05) is 6.07 Å². The summed E-state index contributed by atoms with van der Waals surface area (Å²) in [5.74, 6) is -0.152. The number of fused-ring (bicyclic) bond motifs is 1. The van der Waals surface area contributed by atoms with Crippen molar-refractivity contribution in [3.63, 3.8) is 0 Å². The summed E-state index contributed by atoms with van der Waals surface area (Å²) in [6, 6.07) is 5.54. The van der Waals surface area contributed by atoms with Crippen LogP contribution in [0.2, 0.25) is 0 Å². The Hall–Kier alpha value is -2.83. The predicted molar refractivity (Wildman–Crippen MR) is 83.9 cm³/mol. The van der Waals surface area contributed by atoms with Crippen molar-refractivity contribution in [1.82, 2.24) is 19.5 Å². The number of aryl methyl sites for hydroxylation is 1. The molecule has 7 nitrogen and oxygen atoms in total. The minimum atomic E-state index is -0.183. The van der Waals surface area contributed by atoms with E-state index in [1.54, 1.807) is 17.0 Å². The van der Waals surface area contributed by atoms with Crippen molar-refractivity contribution >= 4 is 22.6 Å². The van der Waals surface area contributed by atoms with E-state index in [1.807, 2.05) is 26.0 Å². The molecule has 0 bridgehead atoms. The number of aromatic amines is 2. The lowest BCUT2D eigenvalue weighted by molar-refractivity contribution is -0.116. The smallest absolute Gasteiger partial charge is 0.325 e. The quantitative estimate of drug-likeness (QED) is 0.684. The van der Waals surface area contributed by atoms with Gasteiger partial charge in [-0.15, -0.1) is 0 Å². The SMILES string of the molecule is Cc1[nH]c(=O)n(CCC(=O)Nc2cccc3[nH]cnc23)c1C. The minimum absolute atomic E-state index is 0.152. The van der Waals surface area contributed by atoms with Crippen molar-refractivity contribution in [3.05, 3.63) is 46.4 Å². The number of nitrogens with one attached hydrogen (secondary N) is 3. The van der Waals surface area contributed by atoms with E-state index in [4.69, 9.17) is 0 Å². The average molecular weight is 299 g/mol. The number of anilines is 1. The third-order valence-corrected chi connectivity index (χ3v) is 3.77. The Kier molecular flexibility index (Phi) is 3.54. The summed E-state index contributed by atoms with van der Waals surface area (Å²) in [4.78, 5) is 33.8. The number of hydrogen-bond donors (Lipinski definition) is 3. The van der Waals surface area contributed by atoms with Gasteiger partial charge in [-0.2, -0.15) is 0 Å². The molecule has 114 valence electrons. The molecule has 3 N–H and O–H groups in total. The zero-order chi connectivity index (χ0) is 15.7. The third kappa shape index (κ3) is 2.52. The van der Waals surface area contributed by atoms with Crippen LogP contribution in [0.1, 0.15) is 17.8 Å². The summed E-state index contributed by atoms with van der Waals surface area (Å²) >= 11 is 0. The zero-order valence-corrected chi connectivity index (χ0v) is 12.4. The van der Waals surface area contributed by atoms with Gasteiger partial charge in [-0.25, -0.2) is 9.78 Å². The maximum atomic E-state index is 12.1. The van der Waals surface area contributed by atoms with Gasteiger partial charge in [0.15, 0.2) is 0 Å². The van der Waals surface area contributed by atoms with Crippen LogP contribution in [0.15, 0.2) is 29.3 Å². The summed E-state index contributed by atoms with van der Waals surface area (Å²) in [7, 11) is 0. The standard InChI is InChI=1S/C15H17N5O2/c1-9-10(2)20(15(22)18-9)7-6-13(21)19-12-5-3-4-11-14(12)17-8-16-11/h3-5,8H,6-7H2,1-2H3,(H,16,17)(H,18,22)(H,19,21). The number of hydrogen-bond acceptors (Lipinski definition) is 3. The molecule has 0 saturated heterocycles. The Morgan fingerprint density at radius 1 is 1.36 bits per heavy atom. The monoisotopic (exact) mass is 299 g/mol. The summed E-state index contributed by atoms with van der Waals surface area (Å²) in [5, 5.41) is 2.84. The van der Waals surface area contributed by atoms with Crippen molar-refractivity contribution < 1.29 is 4.79 Å². The highest BCUT2D eigenvalue weighted by atomic mass is 16.2. The van der Waals surface area contributed by atoms with E-state index in [2.05, 4.69) is 20.3 Å². The Balaban J connectivity index is 1.70.